The van der Waals surface area contributed by atoms with Gasteiger partial charge in [0.15, 0.2) is 12.4 Å². The van der Waals surface area contributed by atoms with Crippen molar-refractivity contribution >= 4 is 40.3 Å². The monoisotopic (exact) mass is 662 g/mol. The number of esters is 2. The third-order valence-corrected chi connectivity index (χ3v) is 12.3. The van der Waals surface area contributed by atoms with Crippen LogP contribution < -0.4 is 5.32 Å². The number of hydrogen-bond donors (Lipinski definition) is 4. The largest absolute Gasteiger partial charge is 0.467 e. The second kappa shape index (κ2) is 12.9. The van der Waals surface area contributed by atoms with E-state index in [-0.39, 0.29) is 61.1 Å². The van der Waals surface area contributed by atoms with Crippen LogP contribution in [0.1, 0.15) is 77.2 Å². The van der Waals surface area contributed by atoms with Crippen molar-refractivity contribution in [3.05, 3.63) is 47.7 Å². The summed E-state index contributed by atoms with van der Waals surface area (Å²) >= 11 is 0. The highest BCUT2D eigenvalue weighted by Crippen LogP contribution is 2.67. The molecule has 0 bridgehead atoms. The quantitative estimate of drug-likeness (QED) is 0.278. The Morgan fingerprint density at radius 1 is 1.08 bits per heavy atom. The van der Waals surface area contributed by atoms with Gasteiger partial charge in [0.2, 0.25) is 11.7 Å². The Hall–Kier alpha value is -3.83. The first-order valence-corrected chi connectivity index (χ1v) is 17.1. The Labute approximate surface area is 279 Å². The van der Waals surface area contributed by atoms with E-state index < -0.39 is 53.4 Å². The summed E-state index contributed by atoms with van der Waals surface area (Å²) in [4.78, 5) is 66.7. The molecule has 4 aliphatic rings. The molecule has 3 fully saturated rings. The zero-order valence-corrected chi connectivity index (χ0v) is 27.9. The number of rotatable bonds is 10. The van der Waals surface area contributed by atoms with Crippen molar-refractivity contribution in [2.24, 2.45) is 28.6 Å². The topological polar surface area (TPSA) is 172 Å². The average molecular weight is 663 g/mol. The van der Waals surface area contributed by atoms with E-state index in [2.05, 4.69) is 17.2 Å². The summed E-state index contributed by atoms with van der Waals surface area (Å²) in [5.74, 6) is -2.36. The Kier molecular flexibility index (Phi) is 9.14. The number of aromatic amines is 1. The fourth-order valence-corrected chi connectivity index (χ4v) is 9.83. The molecule has 0 spiro atoms. The molecule has 5 unspecified atom stereocenters. The maximum atomic E-state index is 13.6. The lowest BCUT2D eigenvalue weighted by Gasteiger charge is -2.60. The number of aliphatic hydroxyl groups is 2. The summed E-state index contributed by atoms with van der Waals surface area (Å²) in [6, 6.07) is 6.62. The molecule has 11 nitrogen and oxygen atoms in total. The molecule has 1 heterocycles. The number of carbonyl (C=O) groups is 5. The Morgan fingerprint density at radius 2 is 1.85 bits per heavy atom. The van der Waals surface area contributed by atoms with E-state index in [0.29, 0.717) is 19.3 Å². The molecule has 2 aromatic rings. The second-order valence-electron chi connectivity index (χ2n) is 14.8. The van der Waals surface area contributed by atoms with Gasteiger partial charge in [-0.15, -0.1) is 0 Å². The highest BCUT2D eigenvalue weighted by molar-refractivity contribution is 5.93. The molecule has 3 saturated carbocycles. The molecule has 4 N–H and O–H groups in total. The van der Waals surface area contributed by atoms with E-state index in [9.17, 15) is 34.2 Å². The molecular formula is C37H46N2O9. The lowest BCUT2D eigenvalue weighted by atomic mass is 9.45. The predicted octanol–water partition coefficient (Wildman–Crippen LogP) is 3.49. The summed E-state index contributed by atoms with van der Waals surface area (Å²) in [5.41, 5.74) is -0.109. The number of amides is 1. The number of aromatic nitrogens is 1. The number of fused-ring (bicyclic) bond motifs is 6. The number of ketones is 2. The number of H-pyrrole nitrogens is 1. The third kappa shape index (κ3) is 5.78. The van der Waals surface area contributed by atoms with Crippen molar-refractivity contribution in [2.75, 3.05) is 13.7 Å². The van der Waals surface area contributed by atoms with Gasteiger partial charge in [-0.3, -0.25) is 19.2 Å². The first-order chi connectivity index (χ1) is 22.8. The van der Waals surface area contributed by atoms with Crippen molar-refractivity contribution in [1.82, 2.24) is 10.3 Å². The van der Waals surface area contributed by atoms with Gasteiger partial charge in [-0.05, 0) is 79.4 Å². The van der Waals surface area contributed by atoms with E-state index in [1.165, 1.54) is 7.11 Å². The summed E-state index contributed by atoms with van der Waals surface area (Å²) in [6.45, 7) is 3.39. The number of allylic oxidation sites excluding steroid dienone is 1. The number of methoxy groups -OCH3 is 1. The van der Waals surface area contributed by atoms with Gasteiger partial charge in [0.25, 0.3) is 0 Å². The first kappa shape index (κ1) is 34.0. The van der Waals surface area contributed by atoms with E-state index in [4.69, 9.17) is 9.47 Å². The molecule has 0 saturated heterocycles. The molecule has 0 radical (unpaired) electrons. The van der Waals surface area contributed by atoms with Gasteiger partial charge in [0, 0.05) is 41.8 Å². The maximum Gasteiger partial charge on any atom is 0.328 e. The van der Waals surface area contributed by atoms with Crippen LogP contribution in [0.15, 0.2) is 42.1 Å². The highest BCUT2D eigenvalue weighted by atomic mass is 16.5. The molecule has 4 aliphatic carbocycles. The Bertz CT molecular complexity index is 1660. The number of aliphatic hydroxyl groups excluding tert-OH is 1. The van der Waals surface area contributed by atoms with Crippen LogP contribution in [0, 0.1) is 28.6 Å². The average Bonchev–Trinajstić information content (AvgIpc) is 3.59. The number of carbonyl (C=O) groups excluding carboxylic acids is 5. The normalized spacial score (nSPS) is 33.1. The van der Waals surface area contributed by atoms with Crippen LogP contribution in [0.3, 0.4) is 0 Å². The standard InChI is InChI=1S/C37H46N2O9/c1-35-14-12-23(40)17-22(35)8-9-25-26-13-15-37(46,36(26,2)18-29(41)33(25)35)30(42)20-48-32(44)11-10-31(43)39-28(34(45)47-3)16-21-19-38-27-7-5-4-6-24(21)27/h4-7,17,19,25-26,28-29,33,38,41,46H,8-16,18,20H2,1-3H3,(H,39,43)/t25?,26?,28?,29?,33?,35-,36-,37-/m0/s1. The summed E-state index contributed by atoms with van der Waals surface area (Å²) in [6.07, 6.45) is 6.19. The lowest BCUT2D eigenvalue weighted by Crippen LogP contribution is -2.62. The molecule has 6 rings (SSSR count). The smallest absolute Gasteiger partial charge is 0.328 e. The van der Waals surface area contributed by atoms with Crippen LogP contribution in [-0.4, -0.2) is 76.1 Å². The van der Waals surface area contributed by atoms with E-state index in [1.807, 2.05) is 31.2 Å². The molecule has 1 aromatic carbocycles. The van der Waals surface area contributed by atoms with E-state index in [0.717, 1.165) is 34.9 Å². The van der Waals surface area contributed by atoms with Crippen LogP contribution in [0.25, 0.3) is 10.9 Å². The number of benzene rings is 1. The molecular weight excluding hydrogens is 616 g/mol. The molecule has 0 aliphatic heterocycles. The van der Waals surface area contributed by atoms with Gasteiger partial charge < -0.3 is 30.0 Å². The lowest BCUT2D eigenvalue weighted by molar-refractivity contribution is -0.184. The van der Waals surface area contributed by atoms with Crippen LogP contribution >= 0.6 is 0 Å². The maximum absolute atomic E-state index is 13.6. The number of ether oxygens (including phenoxy) is 2. The molecule has 1 amide bonds. The van der Waals surface area contributed by atoms with Gasteiger partial charge in [0.05, 0.1) is 19.6 Å². The zero-order chi connectivity index (χ0) is 34.4. The van der Waals surface area contributed by atoms with Gasteiger partial charge in [-0.25, -0.2) is 4.79 Å². The van der Waals surface area contributed by atoms with Crippen molar-refractivity contribution in [2.45, 2.75) is 95.8 Å². The van der Waals surface area contributed by atoms with Crippen molar-refractivity contribution in [3.8, 4) is 0 Å². The molecule has 48 heavy (non-hydrogen) atoms. The minimum Gasteiger partial charge on any atom is -0.467 e. The Balaban J connectivity index is 1.04. The first-order valence-electron chi connectivity index (χ1n) is 17.1. The van der Waals surface area contributed by atoms with Crippen LogP contribution in [0.2, 0.25) is 0 Å². The fourth-order valence-electron chi connectivity index (χ4n) is 9.83. The minimum absolute atomic E-state index is 0.00210. The van der Waals surface area contributed by atoms with Gasteiger partial charge >= 0.3 is 11.9 Å². The molecule has 11 heteroatoms. The fraction of sp³-hybridized carbons (Fsp3) is 0.595. The molecule has 258 valence electrons. The van der Waals surface area contributed by atoms with Crippen molar-refractivity contribution < 1.29 is 43.7 Å². The summed E-state index contributed by atoms with van der Waals surface area (Å²) in [5, 5.41) is 27.1. The van der Waals surface area contributed by atoms with E-state index in [1.54, 1.807) is 12.3 Å². The predicted molar refractivity (Wildman–Crippen MR) is 174 cm³/mol. The highest BCUT2D eigenvalue weighted by Gasteiger charge is 2.68. The van der Waals surface area contributed by atoms with Crippen LogP contribution in [0.5, 0.6) is 0 Å². The zero-order valence-electron chi connectivity index (χ0n) is 27.9. The van der Waals surface area contributed by atoms with Crippen LogP contribution in [0.4, 0.5) is 0 Å². The van der Waals surface area contributed by atoms with E-state index >= 15 is 0 Å². The number of Topliss-reactive ketones (excluding diaryl/α,β-unsaturated/α-hetero) is 1. The molecule has 1 aromatic heterocycles. The van der Waals surface area contributed by atoms with Gasteiger partial charge in [-0.2, -0.15) is 0 Å². The van der Waals surface area contributed by atoms with Crippen molar-refractivity contribution in [3.63, 3.8) is 0 Å². The summed E-state index contributed by atoms with van der Waals surface area (Å²) < 4.78 is 10.2. The molecule has 8 atom stereocenters. The van der Waals surface area contributed by atoms with Crippen LogP contribution in [-0.2, 0) is 39.9 Å². The number of hydrogen-bond acceptors (Lipinski definition) is 9. The van der Waals surface area contributed by atoms with Gasteiger partial charge in [-0.1, -0.05) is 37.6 Å². The SMILES string of the molecule is COC(=O)C(Cc1c[nH]c2ccccc12)NC(=O)CCC(=O)OCC(=O)[C@@]1(O)CCC2C3CCC4=CC(=O)CC[C@]4(C)C3C(O)C[C@@]21C. The Morgan fingerprint density at radius 3 is 2.62 bits per heavy atom. The van der Waals surface area contributed by atoms with Crippen molar-refractivity contribution in [1.29, 1.82) is 0 Å². The second-order valence-corrected chi connectivity index (χ2v) is 14.8. The third-order valence-electron chi connectivity index (χ3n) is 12.3. The number of para-hydroxylation sites is 1. The summed E-state index contributed by atoms with van der Waals surface area (Å²) in [7, 11) is 1.24. The van der Waals surface area contributed by atoms with Gasteiger partial charge in [0.1, 0.15) is 11.6 Å². The number of nitrogens with one attached hydrogen (secondary N) is 2. The minimum atomic E-state index is -1.77.